The summed E-state index contributed by atoms with van der Waals surface area (Å²) in [5.74, 6) is 0.765. The van der Waals surface area contributed by atoms with Crippen LogP contribution in [0.4, 0.5) is 0 Å². The number of nitrogens with zero attached hydrogens (tertiary/aromatic N) is 3. The average molecular weight is 351 g/mol. The van der Waals surface area contributed by atoms with Crippen LogP contribution in [-0.2, 0) is 11.2 Å². The molecular formula is C20H21N3OS. The molecule has 0 saturated carbocycles. The van der Waals surface area contributed by atoms with Crippen LogP contribution in [0.1, 0.15) is 30.0 Å². The molecule has 3 aromatic rings. The Kier molecular flexibility index (Phi) is 4.65. The molecule has 2 aromatic heterocycles. The van der Waals surface area contributed by atoms with E-state index >= 15 is 0 Å². The Balaban J connectivity index is 1.34. The number of rotatable bonds is 4. The van der Waals surface area contributed by atoms with Gasteiger partial charge in [-0.1, -0.05) is 30.3 Å². The van der Waals surface area contributed by atoms with E-state index in [1.807, 2.05) is 39.4 Å². The maximum Gasteiger partial charge on any atom is 0.228 e. The number of carbonyl (C=O) groups excluding carboxylic acids is 1. The van der Waals surface area contributed by atoms with Crippen molar-refractivity contribution in [3.63, 3.8) is 0 Å². The predicted octanol–water partition coefficient (Wildman–Crippen LogP) is 3.88. The number of aromatic nitrogens is 2. The summed E-state index contributed by atoms with van der Waals surface area (Å²) in [4.78, 5) is 19.2. The summed E-state index contributed by atoms with van der Waals surface area (Å²) in [6, 6.07) is 14.6. The van der Waals surface area contributed by atoms with Crippen molar-refractivity contribution in [1.29, 1.82) is 0 Å². The summed E-state index contributed by atoms with van der Waals surface area (Å²) in [5, 5.41) is 2.90. The minimum absolute atomic E-state index is 0.191. The minimum Gasteiger partial charge on any atom is -0.342 e. The van der Waals surface area contributed by atoms with Crippen molar-refractivity contribution in [3.8, 4) is 5.13 Å². The number of carbonyl (C=O) groups is 1. The number of hydrogen-bond donors (Lipinski definition) is 0. The normalized spacial score (nSPS) is 15.4. The standard InChI is InChI=1S/C20H21N3OS/c24-19(14-18-15-25-20(21-18)23-10-4-5-11-23)22-12-8-17(9-13-22)16-6-2-1-3-7-16/h1-7,10-11,15,17H,8-9,12-14H2. The van der Waals surface area contributed by atoms with Crippen molar-refractivity contribution in [2.75, 3.05) is 13.1 Å². The maximum atomic E-state index is 12.6. The predicted molar refractivity (Wildman–Crippen MR) is 100 cm³/mol. The molecule has 0 unspecified atom stereocenters. The highest BCUT2D eigenvalue weighted by atomic mass is 32.1. The second kappa shape index (κ2) is 7.23. The molecule has 1 aromatic carbocycles. The van der Waals surface area contributed by atoms with E-state index in [9.17, 15) is 4.79 Å². The highest BCUT2D eigenvalue weighted by Gasteiger charge is 2.24. The molecule has 0 bridgehead atoms. The SMILES string of the molecule is O=C(Cc1csc(-n2cccc2)n1)N1CCC(c2ccccc2)CC1. The molecule has 0 spiro atoms. The van der Waals surface area contributed by atoms with Gasteiger partial charge in [-0.15, -0.1) is 11.3 Å². The van der Waals surface area contributed by atoms with E-state index in [0.29, 0.717) is 12.3 Å². The zero-order valence-corrected chi connectivity index (χ0v) is 14.9. The third-order valence-electron chi connectivity index (χ3n) is 4.82. The van der Waals surface area contributed by atoms with Crippen molar-refractivity contribution >= 4 is 17.2 Å². The minimum atomic E-state index is 0.191. The second-order valence-electron chi connectivity index (χ2n) is 6.45. The average Bonchev–Trinajstić information content (AvgIpc) is 3.34. The molecule has 0 atom stereocenters. The maximum absolute atomic E-state index is 12.6. The Labute approximate surface area is 151 Å². The van der Waals surface area contributed by atoms with E-state index < -0.39 is 0 Å². The molecule has 4 rings (SSSR count). The van der Waals surface area contributed by atoms with E-state index in [1.165, 1.54) is 5.56 Å². The van der Waals surface area contributed by atoms with Crippen molar-refractivity contribution < 1.29 is 4.79 Å². The van der Waals surface area contributed by atoms with E-state index in [2.05, 4.69) is 35.3 Å². The summed E-state index contributed by atoms with van der Waals surface area (Å²) < 4.78 is 1.98. The summed E-state index contributed by atoms with van der Waals surface area (Å²) in [5.41, 5.74) is 2.26. The van der Waals surface area contributed by atoms with Crippen LogP contribution in [0.5, 0.6) is 0 Å². The van der Waals surface area contributed by atoms with Gasteiger partial charge in [0.25, 0.3) is 0 Å². The first-order chi connectivity index (χ1) is 12.3. The van der Waals surface area contributed by atoms with Gasteiger partial charge < -0.3 is 9.47 Å². The number of piperidine rings is 1. The van der Waals surface area contributed by atoms with Gasteiger partial charge in [0.1, 0.15) is 0 Å². The smallest absolute Gasteiger partial charge is 0.228 e. The Hall–Kier alpha value is -2.40. The lowest BCUT2D eigenvalue weighted by Crippen LogP contribution is -2.38. The molecule has 0 N–H and O–H groups in total. The van der Waals surface area contributed by atoms with Gasteiger partial charge in [0.05, 0.1) is 12.1 Å². The fourth-order valence-corrected chi connectivity index (χ4v) is 4.20. The van der Waals surface area contributed by atoms with Crippen molar-refractivity contribution in [2.24, 2.45) is 0 Å². The van der Waals surface area contributed by atoms with Crippen LogP contribution in [0.15, 0.2) is 60.2 Å². The number of amides is 1. The Morgan fingerprint density at radius 1 is 1.08 bits per heavy atom. The van der Waals surface area contributed by atoms with Crippen LogP contribution in [0.3, 0.4) is 0 Å². The van der Waals surface area contributed by atoms with Gasteiger partial charge in [0.2, 0.25) is 5.91 Å². The van der Waals surface area contributed by atoms with Gasteiger partial charge in [0.15, 0.2) is 5.13 Å². The lowest BCUT2D eigenvalue weighted by Gasteiger charge is -2.32. The Bertz CT molecular complexity index is 818. The Morgan fingerprint density at radius 3 is 2.52 bits per heavy atom. The molecular weight excluding hydrogens is 330 g/mol. The third-order valence-corrected chi connectivity index (χ3v) is 5.72. The lowest BCUT2D eigenvalue weighted by atomic mass is 9.89. The van der Waals surface area contributed by atoms with E-state index in [4.69, 9.17) is 0 Å². The molecule has 3 heterocycles. The van der Waals surface area contributed by atoms with Crippen LogP contribution in [-0.4, -0.2) is 33.4 Å². The van der Waals surface area contributed by atoms with Gasteiger partial charge in [0, 0.05) is 30.9 Å². The van der Waals surface area contributed by atoms with Crippen LogP contribution in [0.2, 0.25) is 0 Å². The first-order valence-electron chi connectivity index (χ1n) is 8.70. The highest BCUT2D eigenvalue weighted by Crippen LogP contribution is 2.28. The van der Waals surface area contributed by atoms with Gasteiger partial charge in [-0.05, 0) is 36.5 Å². The molecule has 5 heteroatoms. The monoisotopic (exact) mass is 351 g/mol. The van der Waals surface area contributed by atoms with Crippen molar-refractivity contribution in [2.45, 2.75) is 25.2 Å². The molecule has 1 saturated heterocycles. The van der Waals surface area contributed by atoms with Gasteiger partial charge >= 0.3 is 0 Å². The van der Waals surface area contributed by atoms with Gasteiger partial charge in [-0.3, -0.25) is 4.79 Å². The first kappa shape index (κ1) is 16.1. The molecule has 1 aliphatic heterocycles. The fourth-order valence-electron chi connectivity index (χ4n) is 3.41. The summed E-state index contributed by atoms with van der Waals surface area (Å²) in [6.07, 6.45) is 6.42. The van der Waals surface area contributed by atoms with Gasteiger partial charge in [-0.25, -0.2) is 4.98 Å². The molecule has 128 valence electrons. The van der Waals surface area contributed by atoms with Crippen molar-refractivity contribution in [3.05, 3.63) is 71.5 Å². The van der Waals surface area contributed by atoms with Crippen LogP contribution in [0, 0.1) is 0 Å². The number of hydrogen-bond acceptors (Lipinski definition) is 3. The van der Waals surface area contributed by atoms with Crippen LogP contribution in [0.25, 0.3) is 5.13 Å². The Morgan fingerprint density at radius 2 is 1.80 bits per heavy atom. The third kappa shape index (κ3) is 3.66. The zero-order valence-electron chi connectivity index (χ0n) is 14.0. The van der Waals surface area contributed by atoms with E-state index in [1.54, 1.807) is 11.3 Å². The molecule has 4 nitrogen and oxygen atoms in total. The lowest BCUT2D eigenvalue weighted by molar-refractivity contribution is -0.131. The van der Waals surface area contributed by atoms with E-state index in [0.717, 1.165) is 36.8 Å². The molecule has 0 radical (unpaired) electrons. The molecule has 1 fully saturated rings. The zero-order chi connectivity index (χ0) is 17.1. The largest absolute Gasteiger partial charge is 0.342 e. The number of benzene rings is 1. The molecule has 1 aliphatic rings. The van der Waals surface area contributed by atoms with E-state index in [-0.39, 0.29) is 5.91 Å². The fraction of sp³-hybridized carbons (Fsp3) is 0.300. The van der Waals surface area contributed by atoms with Crippen LogP contribution < -0.4 is 0 Å². The summed E-state index contributed by atoms with van der Waals surface area (Å²) in [7, 11) is 0. The topological polar surface area (TPSA) is 38.1 Å². The first-order valence-corrected chi connectivity index (χ1v) is 9.58. The molecule has 25 heavy (non-hydrogen) atoms. The summed E-state index contributed by atoms with van der Waals surface area (Å²) in [6.45, 7) is 1.68. The second-order valence-corrected chi connectivity index (χ2v) is 7.29. The van der Waals surface area contributed by atoms with Gasteiger partial charge in [-0.2, -0.15) is 0 Å². The molecule has 0 aliphatic carbocycles. The number of likely N-dealkylation sites (tertiary alicyclic amines) is 1. The highest BCUT2D eigenvalue weighted by molar-refractivity contribution is 7.12. The number of thiazole rings is 1. The molecule has 1 amide bonds. The van der Waals surface area contributed by atoms with Crippen LogP contribution >= 0.6 is 11.3 Å². The summed E-state index contributed by atoms with van der Waals surface area (Å²) >= 11 is 1.57. The quantitative estimate of drug-likeness (QED) is 0.715. The van der Waals surface area contributed by atoms with Crippen molar-refractivity contribution in [1.82, 2.24) is 14.5 Å².